The highest BCUT2D eigenvalue weighted by Gasteiger charge is 2.12. The lowest BCUT2D eigenvalue weighted by molar-refractivity contribution is -0.123. The molecule has 0 radical (unpaired) electrons. The average Bonchev–Trinajstić information content (AvgIpc) is 2.40. The van der Waals surface area contributed by atoms with Crippen molar-refractivity contribution in [3.05, 3.63) is 24.3 Å². The van der Waals surface area contributed by atoms with Crippen LogP contribution in [-0.4, -0.2) is 30.2 Å². The van der Waals surface area contributed by atoms with Crippen molar-refractivity contribution >= 4 is 17.3 Å². The van der Waals surface area contributed by atoms with E-state index in [4.69, 9.17) is 5.11 Å². The minimum Gasteiger partial charge on any atom is -0.384 e. The third kappa shape index (κ3) is 3.23. The van der Waals surface area contributed by atoms with Gasteiger partial charge in [0.25, 0.3) is 5.91 Å². The van der Waals surface area contributed by atoms with E-state index < -0.39 is 6.10 Å². The van der Waals surface area contributed by atoms with Gasteiger partial charge in [0.1, 0.15) is 6.10 Å². The van der Waals surface area contributed by atoms with Gasteiger partial charge in [-0.2, -0.15) is 0 Å². The minimum atomic E-state index is -0.980. The zero-order chi connectivity index (χ0) is 13.0. The third-order valence-corrected chi connectivity index (χ3v) is 3.24. The van der Waals surface area contributed by atoms with Crippen LogP contribution < -0.4 is 10.2 Å². The molecule has 1 saturated heterocycles. The summed E-state index contributed by atoms with van der Waals surface area (Å²) in [4.78, 5) is 13.7. The molecular formula is C14H20N2O2. The van der Waals surface area contributed by atoms with Gasteiger partial charge in [0.05, 0.1) is 0 Å². The van der Waals surface area contributed by atoms with Crippen LogP contribution in [0.3, 0.4) is 0 Å². The summed E-state index contributed by atoms with van der Waals surface area (Å²) >= 11 is 0. The van der Waals surface area contributed by atoms with E-state index in [0.717, 1.165) is 18.8 Å². The zero-order valence-electron chi connectivity index (χ0n) is 10.7. The fraction of sp³-hybridized carbons (Fsp3) is 0.500. The standard InChI is InChI=1S/C14H20N2O2/c1-11(17)14(18)15-12-5-7-13(8-6-12)16-9-3-2-4-10-16/h5-8,11,17H,2-4,9-10H2,1H3,(H,15,18)/t11-/m0/s1. The topological polar surface area (TPSA) is 52.6 Å². The fourth-order valence-electron chi connectivity index (χ4n) is 2.15. The van der Waals surface area contributed by atoms with Crippen LogP contribution in [0.2, 0.25) is 0 Å². The number of amides is 1. The number of piperidine rings is 1. The maximum absolute atomic E-state index is 11.3. The molecule has 1 aliphatic rings. The summed E-state index contributed by atoms with van der Waals surface area (Å²) in [7, 11) is 0. The first-order chi connectivity index (χ1) is 8.66. The van der Waals surface area contributed by atoms with E-state index in [1.54, 1.807) is 0 Å². The molecule has 1 heterocycles. The summed E-state index contributed by atoms with van der Waals surface area (Å²) < 4.78 is 0. The number of nitrogens with one attached hydrogen (secondary N) is 1. The van der Waals surface area contributed by atoms with E-state index >= 15 is 0 Å². The summed E-state index contributed by atoms with van der Waals surface area (Å²) in [5.74, 6) is -0.374. The number of aliphatic hydroxyl groups is 1. The molecule has 0 aliphatic carbocycles. The molecule has 1 aromatic rings. The number of aliphatic hydroxyl groups excluding tert-OH is 1. The smallest absolute Gasteiger partial charge is 0.252 e. The van der Waals surface area contributed by atoms with Crippen LogP contribution in [0.25, 0.3) is 0 Å². The van der Waals surface area contributed by atoms with Gasteiger partial charge in [-0.15, -0.1) is 0 Å². The van der Waals surface area contributed by atoms with Crippen LogP contribution in [0.15, 0.2) is 24.3 Å². The Morgan fingerprint density at radius 2 is 1.83 bits per heavy atom. The van der Waals surface area contributed by atoms with Gasteiger partial charge in [-0.3, -0.25) is 4.79 Å². The average molecular weight is 248 g/mol. The lowest BCUT2D eigenvalue weighted by Crippen LogP contribution is -2.29. The summed E-state index contributed by atoms with van der Waals surface area (Å²) in [5.41, 5.74) is 1.92. The molecule has 18 heavy (non-hydrogen) atoms. The van der Waals surface area contributed by atoms with Gasteiger partial charge in [-0.05, 0) is 50.5 Å². The molecular weight excluding hydrogens is 228 g/mol. The Labute approximate surface area is 108 Å². The van der Waals surface area contributed by atoms with Gasteiger partial charge in [0, 0.05) is 24.5 Å². The van der Waals surface area contributed by atoms with Crippen molar-refractivity contribution in [1.29, 1.82) is 0 Å². The molecule has 4 nitrogen and oxygen atoms in total. The van der Waals surface area contributed by atoms with Gasteiger partial charge in [0.15, 0.2) is 0 Å². The van der Waals surface area contributed by atoms with Gasteiger partial charge in [-0.25, -0.2) is 0 Å². The number of benzene rings is 1. The molecule has 1 fully saturated rings. The Kier molecular flexibility index (Phi) is 4.20. The number of carbonyl (C=O) groups is 1. The van der Waals surface area contributed by atoms with E-state index in [2.05, 4.69) is 10.2 Å². The lowest BCUT2D eigenvalue weighted by atomic mass is 10.1. The van der Waals surface area contributed by atoms with Crippen LogP contribution in [0.5, 0.6) is 0 Å². The Morgan fingerprint density at radius 3 is 2.39 bits per heavy atom. The highest BCUT2D eigenvalue weighted by molar-refractivity contribution is 5.93. The minimum absolute atomic E-state index is 0.374. The molecule has 1 amide bonds. The van der Waals surface area contributed by atoms with E-state index in [1.165, 1.54) is 31.9 Å². The molecule has 0 saturated carbocycles. The fourth-order valence-corrected chi connectivity index (χ4v) is 2.15. The van der Waals surface area contributed by atoms with E-state index in [-0.39, 0.29) is 5.91 Å². The van der Waals surface area contributed by atoms with E-state index in [9.17, 15) is 4.79 Å². The Balaban J connectivity index is 1.98. The van der Waals surface area contributed by atoms with Crippen LogP contribution in [-0.2, 0) is 4.79 Å². The van der Waals surface area contributed by atoms with Crippen molar-refractivity contribution in [2.24, 2.45) is 0 Å². The molecule has 98 valence electrons. The first kappa shape index (κ1) is 12.9. The van der Waals surface area contributed by atoms with Crippen LogP contribution in [0.1, 0.15) is 26.2 Å². The second-order valence-electron chi connectivity index (χ2n) is 4.76. The predicted molar refractivity (Wildman–Crippen MR) is 72.8 cm³/mol. The monoisotopic (exact) mass is 248 g/mol. The number of anilines is 2. The summed E-state index contributed by atoms with van der Waals surface area (Å²) in [6.07, 6.45) is 2.84. The van der Waals surface area contributed by atoms with Crippen LogP contribution in [0, 0.1) is 0 Å². The van der Waals surface area contributed by atoms with Gasteiger partial charge in [-0.1, -0.05) is 0 Å². The highest BCUT2D eigenvalue weighted by Crippen LogP contribution is 2.21. The Bertz CT molecular complexity index is 395. The molecule has 2 rings (SSSR count). The molecule has 1 atom stereocenters. The van der Waals surface area contributed by atoms with Crippen molar-refractivity contribution in [2.45, 2.75) is 32.3 Å². The first-order valence-corrected chi connectivity index (χ1v) is 6.51. The molecule has 1 aliphatic heterocycles. The quantitative estimate of drug-likeness (QED) is 0.860. The Morgan fingerprint density at radius 1 is 1.22 bits per heavy atom. The zero-order valence-corrected chi connectivity index (χ0v) is 10.7. The van der Waals surface area contributed by atoms with Gasteiger partial charge < -0.3 is 15.3 Å². The normalized spacial score (nSPS) is 17.3. The molecule has 0 aromatic heterocycles. The van der Waals surface area contributed by atoms with Crippen molar-refractivity contribution in [1.82, 2.24) is 0 Å². The van der Waals surface area contributed by atoms with Gasteiger partial charge >= 0.3 is 0 Å². The van der Waals surface area contributed by atoms with Crippen LogP contribution in [0.4, 0.5) is 11.4 Å². The maximum Gasteiger partial charge on any atom is 0.252 e. The summed E-state index contributed by atoms with van der Waals surface area (Å²) in [6, 6.07) is 7.79. The Hall–Kier alpha value is -1.55. The molecule has 4 heteroatoms. The van der Waals surface area contributed by atoms with Crippen LogP contribution >= 0.6 is 0 Å². The second kappa shape index (κ2) is 5.87. The number of hydrogen-bond donors (Lipinski definition) is 2. The highest BCUT2D eigenvalue weighted by atomic mass is 16.3. The van der Waals surface area contributed by atoms with Gasteiger partial charge in [0.2, 0.25) is 0 Å². The molecule has 0 spiro atoms. The largest absolute Gasteiger partial charge is 0.384 e. The number of hydrogen-bond acceptors (Lipinski definition) is 3. The summed E-state index contributed by atoms with van der Waals surface area (Å²) in [5, 5.41) is 11.8. The van der Waals surface area contributed by atoms with Crippen molar-refractivity contribution in [3.63, 3.8) is 0 Å². The molecule has 2 N–H and O–H groups in total. The number of nitrogens with zero attached hydrogens (tertiary/aromatic N) is 1. The predicted octanol–water partition coefficient (Wildman–Crippen LogP) is 2.00. The summed E-state index contributed by atoms with van der Waals surface area (Å²) in [6.45, 7) is 3.68. The second-order valence-corrected chi connectivity index (χ2v) is 4.76. The molecule has 0 bridgehead atoms. The third-order valence-electron chi connectivity index (χ3n) is 3.24. The SMILES string of the molecule is C[C@H](O)C(=O)Nc1ccc(N2CCCCC2)cc1. The number of rotatable bonds is 3. The van der Waals surface area contributed by atoms with Crippen molar-refractivity contribution in [2.75, 3.05) is 23.3 Å². The first-order valence-electron chi connectivity index (χ1n) is 6.51. The maximum atomic E-state index is 11.3. The van der Waals surface area contributed by atoms with E-state index in [1.807, 2.05) is 24.3 Å². The van der Waals surface area contributed by atoms with Crippen molar-refractivity contribution in [3.8, 4) is 0 Å². The molecule has 1 aromatic carbocycles. The van der Waals surface area contributed by atoms with E-state index in [0.29, 0.717) is 0 Å². The van der Waals surface area contributed by atoms with Crippen molar-refractivity contribution < 1.29 is 9.90 Å². The number of carbonyl (C=O) groups excluding carboxylic acids is 1. The lowest BCUT2D eigenvalue weighted by Gasteiger charge is -2.28. The molecule has 0 unspecified atom stereocenters.